The molecule has 0 aliphatic heterocycles. The summed E-state index contributed by atoms with van der Waals surface area (Å²) in [6, 6.07) is 0. The fraction of sp³-hybridized carbons (Fsp3) is 0.727. The highest BCUT2D eigenvalue weighted by Crippen LogP contribution is 2.08. The van der Waals surface area contributed by atoms with Gasteiger partial charge in [-0.05, 0) is 27.9 Å². The zero-order valence-electron chi connectivity index (χ0n) is 10.5. The first kappa shape index (κ1) is 13.2. The molecule has 1 aromatic rings. The van der Waals surface area contributed by atoms with E-state index in [1.165, 1.54) is 5.56 Å². The summed E-state index contributed by atoms with van der Waals surface area (Å²) >= 11 is 0. The number of hydrogen-bond acceptors (Lipinski definition) is 4. The summed E-state index contributed by atoms with van der Waals surface area (Å²) in [5.41, 5.74) is 3.30. The van der Waals surface area contributed by atoms with Crippen LogP contribution in [0.5, 0.6) is 0 Å². The van der Waals surface area contributed by atoms with Crippen molar-refractivity contribution in [3.05, 3.63) is 17.0 Å². The van der Waals surface area contributed by atoms with Crippen molar-refractivity contribution in [3.63, 3.8) is 0 Å². The highest BCUT2D eigenvalue weighted by Gasteiger charge is 2.08. The first-order valence-electron chi connectivity index (χ1n) is 5.54. The lowest BCUT2D eigenvalue weighted by atomic mass is 10.2. The number of nitrogens with one attached hydrogen (secondary N) is 2. The Bertz CT molecular complexity index is 302. The monoisotopic (exact) mass is 226 g/mol. The molecule has 0 saturated heterocycles. The van der Waals surface area contributed by atoms with Crippen LogP contribution >= 0.6 is 0 Å². The van der Waals surface area contributed by atoms with Crippen molar-refractivity contribution in [2.24, 2.45) is 0 Å². The van der Waals surface area contributed by atoms with Crippen LogP contribution in [0.25, 0.3) is 0 Å². The van der Waals surface area contributed by atoms with Gasteiger partial charge in [-0.25, -0.2) is 0 Å². The molecule has 92 valence electrons. The van der Waals surface area contributed by atoms with Gasteiger partial charge in [0, 0.05) is 30.9 Å². The number of aromatic amines is 1. The lowest BCUT2D eigenvalue weighted by molar-refractivity contribution is 0.134. The Morgan fingerprint density at radius 1 is 1.44 bits per heavy atom. The molecule has 0 amide bonds. The number of hydrogen-bond donors (Lipinski definition) is 3. The predicted octanol–water partition coefficient (Wildman–Crippen LogP) is 0.0386. The number of aliphatic hydroxyl groups is 1. The Morgan fingerprint density at radius 2 is 2.12 bits per heavy atom. The van der Waals surface area contributed by atoms with Crippen LogP contribution in [0.4, 0.5) is 0 Å². The molecular formula is C11H22N4O. The average molecular weight is 226 g/mol. The summed E-state index contributed by atoms with van der Waals surface area (Å²) < 4.78 is 0. The molecule has 0 fully saturated rings. The molecule has 0 spiro atoms. The van der Waals surface area contributed by atoms with Crippen LogP contribution in [0.1, 0.15) is 17.0 Å². The summed E-state index contributed by atoms with van der Waals surface area (Å²) in [4.78, 5) is 1.97. The summed E-state index contributed by atoms with van der Waals surface area (Å²) in [7, 11) is 3.90. The minimum absolute atomic E-state index is 0.331. The van der Waals surface area contributed by atoms with Crippen molar-refractivity contribution >= 4 is 0 Å². The second-order valence-electron chi connectivity index (χ2n) is 4.46. The summed E-state index contributed by atoms with van der Waals surface area (Å²) in [6.07, 6.45) is -0.331. The first-order chi connectivity index (χ1) is 7.50. The standard InChI is InChI=1S/C11H22N4O/c1-8-11(9(2)14-13-8)6-12-5-10(16)7-15(3)4/h10,12,16H,5-7H2,1-4H3,(H,13,14). The van der Waals surface area contributed by atoms with E-state index in [9.17, 15) is 5.11 Å². The van der Waals surface area contributed by atoms with Gasteiger partial charge in [-0.2, -0.15) is 5.10 Å². The highest BCUT2D eigenvalue weighted by atomic mass is 16.3. The summed E-state index contributed by atoms with van der Waals surface area (Å²) in [6.45, 7) is 6.02. The van der Waals surface area contributed by atoms with Gasteiger partial charge in [0.15, 0.2) is 0 Å². The minimum atomic E-state index is -0.331. The van der Waals surface area contributed by atoms with E-state index in [0.29, 0.717) is 13.1 Å². The molecule has 0 saturated carbocycles. The largest absolute Gasteiger partial charge is 0.390 e. The molecule has 0 aliphatic rings. The predicted molar refractivity (Wildman–Crippen MR) is 64.3 cm³/mol. The van der Waals surface area contributed by atoms with E-state index < -0.39 is 0 Å². The third kappa shape index (κ3) is 3.92. The van der Waals surface area contributed by atoms with Crippen LogP contribution in [0.2, 0.25) is 0 Å². The fourth-order valence-electron chi connectivity index (χ4n) is 1.68. The van der Waals surface area contributed by atoms with E-state index in [1.807, 2.05) is 32.8 Å². The molecule has 1 aromatic heterocycles. The molecule has 1 rings (SSSR count). The smallest absolute Gasteiger partial charge is 0.0791 e. The lowest BCUT2D eigenvalue weighted by Crippen LogP contribution is -2.34. The van der Waals surface area contributed by atoms with Crippen LogP contribution in [0, 0.1) is 13.8 Å². The van der Waals surface area contributed by atoms with E-state index in [4.69, 9.17) is 0 Å². The number of aryl methyl sites for hydroxylation is 2. The van der Waals surface area contributed by atoms with Crippen LogP contribution in [0.15, 0.2) is 0 Å². The summed E-state index contributed by atoms with van der Waals surface area (Å²) in [5, 5.41) is 20.0. The number of rotatable bonds is 6. The number of nitrogens with zero attached hydrogens (tertiary/aromatic N) is 2. The Labute approximate surface area is 96.9 Å². The Balaban J connectivity index is 2.30. The highest BCUT2D eigenvalue weighted by molar-refractivity contribution is 5.22. The van der Waals surface area contributed by atoms with E-state index in [1.54, 1.807) is 0 Å². The molecule has 1 atom stereocenters. The van der Waals surface area contributed by atoms with Gasteiger partial charge in [0.05, 0.1) is 11.8 Å². The molecule has 1 unspecified atom stereocenters. The van der Waals surface area contributed by atoms with Gasteiger partial charge in [0.1, 0.15) is 0 Å². The topological polar surface area (TPSA) is 64.2 Å². The van der Waals surface area contributed by atoms with Crippen molar-refractivity contribution in [2.75, 3.05) is 27.2 Å². The number of likely N-dealkylation sites (N-methyl/N-ethyl adjacent to an activating group) is 1. The minimum Gasteiger partial charge on any atom is -0.390 e. The van der Waals surface area contributed by atoms with Crippen LogP contribution < -0.4 is 5.32 Å². The first-order valence-corrected chi connectivity index (χ1v) is 5.54. The maximum Gasteiger partial charge on any atom is 0.0791 e. The molecule has 5 heteroatoms. The van der Waals surface area contributed by atoms with Gasteiger partial charge in [-0.3, -0.25) is 5.10 Å². The van der Waals surface area contributed by atoms with Gasteiger partial charge in [-0.15, -0.1) is 0 Å². The third-order valence-corrected chi connectivity index (χ3v) is 2.54. The van der Waals surface area contributed by atoms with Crippen molar-refractivity contribution in [1.29, 1.82) is 0 Å². The molecule has 0 bridgehead atoms. The second kappa shape index (κ2) is 5.98. The van der Waals surface area contributed by atoms with Gasteiger partial charge in [0.25, 0.3) is 0 Å². The second-order valence-corrected chi connectivity index (χ2v) is 4.46. The van der Waals surface area contributed by atoms with Crippen LogP contribution in [0.3, 0.4) is 0 Å². The van der Waals surface area contributed by atoms with Crippen LogP contribution in [-0.2, 0) is 6.54 Å². The van der Waals surface area contributed by atoms with Gasteiger partial charge < -0.3 is 15.3 Å². The molecule has 1 heterocycles. The fourth-order valence-corrected chi connectivity index (χ4v) is 1.68. The Morgan fingerprint density at radius 3 is 2.62 bits per heavy atom. The molecular weight excluding hydrogens is 204 g/mol. The van der Waals surface area contributed by atoms with Crippen molar-refractivity contribution < 1.29 is 5.11 Å². The van der Waals surface area contributed by atoms with Crippen molar-refractivity contribution in [3.8, 4) is 0 Å². The zero-order chi connectivity index (χ0) is 12.1. The van der Waals surface area contributed by atoms with Crippen LogP contribution in [-0.4, -0.2) is 53.5 Å². The normalized spacial score (nSPS) is 13.4. The molecule has 5 nitrogen and oxygen atoms in total. The van der Waals surface area contributed by atoms with E-state index in [2.05, 4.69) is 15.5 Å². The number of H-pyrrole nitrogens is 1. The SMILES string of the molecule is Cc1n[nH]c(C)c1CNCC(O)CN(C)C. The maximum atomic E-state index is 9.66. The summed E-state index contributed by atoms with van der Waals surface area (Å²) in [5.74, 6) is 0. The van der Waals surface area contributed by atoms with E-state index >= 15 is 0 Å². The molecule has 0 aromatic carbocycles. The third-order valence-electron chi connectivity index (χ3n) is 2.54. The number of aliphatic hydroxyl groups excluding tert-OH is 1. The van der Waals surface area contributed by atoms with Gasteiger partial charge in [0.2, 0.25) is 0 Å². The van der Waals surface area contributed by atoms with Gasteiger partial charge >= 0.3 is 0 Å². The Hall–Kier alpha value is -0.910. The van der Waals surface area contributed by atoms with Gasteiger partial charge in [-0.1, -0.05) is 0 Å². The van der Waals surface area contributed by atoms with E-state index in [-0.39, 0.29) is 6.10 Å². The van der Waals surface area contributed by atoms with E-state index in [0.717, 1.165) is 17.9 Å². The molecule has 3 N–H and O–H groups in total. The molecule has 16 heavy (non-hydrogen) atoms. The van der Waals surface area contributed by atoms with Crippen molar-refractivity contribution in [1.82, 2.24) is 20.4 Å². The lowest BCUT2D eigenvalue weighted by Gasteiger charge is -2.16. The molecule has 0 aliphatic carbocycles. The molecule has 0 radical (unpaired) electrons. The quantitative estimate of drug-likeness (QED) is 0.641. The van der Waals surface area contributed by atoms with Crippen molar-refractivity contribution in [2.45, 2.75) is 26.5 Å². The maximum absolute atomic E-state index is 9.66. The number of aromatic nitrogens is 2. The Kier molecular flexibility index (Phi) is 4.92. The zero-order valence-corrected chi connectivity index (χ0v) is 10.5. The average Bonchev–Trinajstić information content (AvgIpc) is 2.47.